The van der Waals surface area contributed by atoms with Crippen molar-refractivity contribution in [3.8, 4) is 5.75 Å². The zero-order valence-corrected chi connectivity index (χ0v) is 22.3. The maximum absolute atomic E-state index is 13.5. The van der Waals surface area contributed by atoms with E-state index < -0.39 is 17.6 Å². The second-order valence-corrected chi connectivity index (χ2v) is 10.6. The number of allylic oxidation sites excluding steroid dienone is 1. The highest BCUT2D eigenvalue weighted by molar-refractivity contribution is 8.16. The fourth-order valence-electron chi connectivity index (χ4n) is 4.18. The zero-order valence-electron chi connectivity index (χ0n) is 21.5. The molecule has 0 bridgehead atoms. The van der Waals surface area contributed by atoms with E-state index in [1.54, 1.807) is 26.2 Å². The number of fused-ring (bicyclic) bond motifs is 1. The van der Waals surface area contributed by atoms with Gasteiger partial charge in [-0.05, 0) is 56.9 Å². The molecule has 7 nitrogen and oxygen atoms in total. The summed E-state index contributed by atoms with van der Waals surface area (Å²) in [7, 11) is 1.58. The Bertz CT molecular complexity index is 1300. The molecule has 194 valence electrons. The smallest absolute Gasteiger partial charge is 0.338 e. The number of nitrogens with zero attached hydrogens (tertiary/aromatic N) is 2. The van der Waals surface area contributed by atoms with Gasteiger partial charge in [-0.3, -0.25) is 4.79 Å². The van der Waals surface area contributed by atoms with Gasteiger partial charge in [-0.25, -0.2) is 14.2 Å². The molecule has 0 saturated carbocycles. The van der Waals surface area contributed by atoms with Gasteiger partial charge in [-0.1, -0.05) is 42.1 Å². The molecule has 2 aliphatic heterocycles. The van der Waals surface area contributed by atoms with Crippen molar-refractivity contribution in [1.29, 1.82) is 0 Å². The average Bonchev–Trinajstić information content (AvgIpc) is 3.23. The van der Waals surface area contributed by atoms with Crippen molar-refractivity contribution in [2.24, 2.45) is 4.99 Å². The van der Waals surface area contributed by atoms with Crippen molar-refractivity contribution in [2.45, 2.75) is 52.3 Å². The number of para-hydroxylation sites is 1. The first-order valence-corrected chi connectivity index (χ1v) is 12.8. The zero-order chi connectivity index (χ0) is 26.7. The molecule has 0 spiro atoms. The summed E-state index contributed by atoms with van der Waals surface area (Å²) in [6.07, 6.45) is 0.0690. The molecule has 0 radical (unpaired) electrons. The van der Waals surface area contributed by atoms with E-state index >= 15 is 0 Å². The first-order chi connectivity index (χ1) is 17.6. The standard InChI is InChI=1S/C28H30FN3O4S/c1-17-24(26(34)36-28(2,3)4)25(21-8-6-7-9-22(21)35-5)32-20(16-37-27(32)31-17)14-23(33)30-15-18-10-12-19(29)13-11-18/h6-13,16,25H,14-15H2,1-5H3,(H,30,33). The number of carbonyl (C=O) groups is 2. The molecular formula is C28H30FN3O4S. The Morgan fingerprint density at radius 3 is 2.51 bits per heavy atom. The molecule has 4 rings (SSSR count). The van der Waals surface area contributed by atoms with Gasteiger partial charge in [-0.15, -0.1) is 0 Å². The van der Waals surface area contributed by atoms with E-state index in [1.807, 2.05) is 55.3 Å². The van der Waals surface area contributed by atoms with Crippen molar-refractivity contribution in [3.63, 3.8) is 0 Å². The summed E-state index contributed by atoms with van der Waals surface area (Å²) in [4.78, 5) is 33.0. The highest BCUT2D eigenvalue weighted by Gasteiger charge is 2.42. The third-order valence-corrected chi connectivity index (χ3v) is 6.69. The van der Waals surface area contributed by atoms with Crippen LogP contribution >= 0.6 is 11.8 Å². The Balaban J connectivity index is 1.64. The second-order valence-electron chi connectivity index (χ2n) is 9.72. The largest absolute Gasteiger partial charge is 0.496 e. The van der Waals surface area contributed by atoms with E-state index in [4.69, 9.17) is 14.5 Å². The lowest BCUT2D eigenvalue weighted by Crippen LogP contribution is -2.39. The number of amidine groups is 1. The van der Waals surface area contributed by atoms with Crippen molar-refractivity contribution in [1.82, 2.24) is 10.2 Å². The van der Waals surface area contributed by atoms with E-state index in [1.165, 1.54) is 23.9 Å². The number of aliphatic imine (C=N–C) groups is 1. The molecule has 0 fully saturated rings. The maximum atomic E-state index is 13.5. The lowest BCUT2D eigenvalue weighted by molar-refractivity contribution is -0.150. The van der Waals surface area contributed by atoms with Gasteiger partial charge in [0.25, 0.3) is 0 Å². The van der Waals surface area contributed by atoms with Crippen LogP contribution in [-0.2, 0) is 20.9 Å². The number of methoxy groups -OCH3 is 1. The number of ether oxygens (including phenoxy) is 2. The predicted molar refractivity (Wildman–Crippen MR) is 142 cm³/mol. The van der Waals surface area contributed by atoms with E-state index in [0.29, 0.717) is 27.9 Å². The maximum Gasteiger partial charge on any atom is 0.338 e. The Morgan fingerprint density at radius 2 is 1.84 bits per heavy atom. The van der Waals surface area contributed by atoms with Crippen LogP contribution in [-0.4, -0.2) is 34.7 Å². The van der Waals surface area contributed by atoms with Crippen LogP contribution < -0.4 is 10.1 Å². The monoisotopic (exact) mass is 523 g/mol. The number of nitrogens with one attached hydrogen (secondary N) is 1. The molecule has 0 aromatic heterocycles. The number of carbonyl (C=O) groups excluding carboxylic acids is 2. The topological polar surface area (TPSA) is 80.2 Å². The van der Waals surface area contributed by atoms with Crippen LogP contribution in [0, 0.1) is 5.82 Å². The number of thioether (sulfide) groups is 1. The summed E-state index contributed by atoms with van der Waals surface area (Å²) in [6.45, 7) is 7.52. The van der Waals surface area contributed by atoms with E-state index in [9.17, 15) is 14.0 Å². The summed E-state index contributed by atoms with van der Waals surface area (Å²) < 4.78 is 24.6. The fourth-order valence-corrected chi connectivity index (χ4v) is 5.14. The van der Waals surface area contributed by atoms with Gasteiger partial charge < -0.3 is 19.7 Å². The number of esters is 1. The Hall–Kier alpha value is -3.59. The predicted octanol–water partition coefficient (Wildman–Crippen LogP) is 5.46. The normalized spacial score (nSPS) is 17.1. The summed E-state index contributed by atoms with van der Waals surface area (Å²) in [5.41, 5.74) is 2.51. The van der Waals surface area contributed by atoms with Crippen molar-refractivity contribution in [2.75, 3.05) is 7.11 Å². The molecule has 1 N–H and O–H groups in total. The molecule has 0 saturated heterocycles. The molecule has 1 atom stereocenters. The summed E-state index contributed by atoms with van der Waals surface area (Å²) >= 11 is 1.40. The van der Waals surface area contributed by atoms with Crippen LogP contribution in [0.2, 0.25) is 0 Å². The SMILES string of the molecule is COc1ccccc1C1C(C(=O)OC(C)(C)C)=C(C)N=C2SC=C(CC(=O)NCc3ccc(F)cc3)N21. The third kappa shape index (κ3) is 6.05. The number of rotatable bonds is 7. The minimum atomic E-state index is -0.696. The molecule has 2 aromatic carbocycles. The first-order valence-electron chi connectivity index (χ1n) is 11.9. The third-order valence-electron chi connectivity index (χ3n) is 5.80. The fraction of sp³-hybridized carbons (Fsp3) is 0.321. The van der Waals surface area contributed by atoms with Gasteiger partial charge in [-0.2, -0.15) is 0 Å². The molecule has 2 aromatic rings. The van der Waals surface area contributed by atoms with Crippen molar-refractivity contribution in [3.05, 3.63) is 87.9 Å². The van der Waals surface area contributed by atoms with Crippen LogP contribution in [0.15, 0.2) is 75.9 Å². The lowest BCUT2D eigenvalue weighted by Gasteiger charge is -2.37. The van der Waals surface area contributed by atoms with E-state index in [0.717, 1.165) is 11.1 Å². The molecule has 1 amide bonds. The molecule has 0 aliphatic carbocycles. The number of hydrogen-bond acceptors (Lipinski definition) is 7. The molecular weight excluding hydrogens is 493 g/mol. The summed E-state index contributed by atoms with van der Waals surface area (Å²) in [5, 5.41) is 5.43. The van der Waals surface area contributed by atoms with Gasteiger partial charge in [0.05, 0.1) is 30.8 Å². The van der Waals surface area contributed by atoms with E-state index in [2.05, 4.69) is 5.32 Å². The van der Waals surface area contributed by atoms with Crippen LogP contribution in [0.5, 0.6) is 5.75 Å². The first kappa shape index (κ1) is 26.5. The molecule has 2 heterocycles. The molecule has 2 aliphatic rings. The number of halogens is 1. The van der Waals surface area contributed by atoms with Crippen molar-refractivity contribution < 1.29 is 23.5 Å². The van der Waals surface area contributed by atoms with Gasteiger partial charge in [0.15, 0.2) is 5.17 Å². The van der Waals surface area contributed by atoms with Crippen molar-refractivity contribution >= 4 is 28.8 Å². The van der Waals surface area contributed by atoms with Gasteiger partial charge in [0, 0.05) is 17.8 Å². The molecule has 9 heteroatoms. The summed E-state index contributed by atoms with van der Waals surface area (Å²) in [5.74, 6) is -0.395. The second kappa shape index (κ2) is 10.8. The van der Waals surface area contributed by atoms with Crippen LogP contribution in [0.1, 0.15) is 51.3 Å². The number of hydrogen-bond donors (Lipinski definition) is 1. The van der Waals surface area contributed by atoms with Gasteiger partial charge in [0.1, 0.15) is 17.2 Å². The Kier molecular flexibility index (Phi) is 7.73. The minimum absolute atomic E-state index is 0.0690. The van der Waals surface area contributed by atoms with Crippen LogP contribution in [0.25, 0.3) is 0 Å². The number of amides is 1. The highest BCUT2D eigenvalue weighted by Crippen LogP contribution is 2.47. The molecule has 37 heavy (non-hydrogen) atoms. The van der Waals surface area contributed by atoms with Crippen LogP contribution in [0.4, 0.5) is 4.39 Å². The Morgan fingerprint density at radius 1 is 1.14 bits per heavy atom. The number of benzene rings is 2. The average molecular weight is 524 g/mol. The summed E-state index contributed by atoms with van der Waals surface area (Å²) in [6, 6.07) is 12.9. The molecule has 1 unspecified atom stereocenters. The Labute approximate surface area is 220 Å². The van der Waals surface area contributed by atoms with Crippen LogP contribution in [0.3, 0.4) is 0 Å². The minimum Gasteiger partial charge on any atom is -0.496 e. The quantitative estimate of drug-likeness (QED) is 0.486. The van der Waals surface area contributed by atoms with E-state index in [-0.39, 0.29) is 24.7 Å². The van der Waals surface area contributed by atoms with Gasteiger partial charge in [0.2, 0.25) is 5.91 Å². The lowest BCUT2D eigenvalue weighted by atomic mass is 9.93. The highest BCUT2D eigenvalue weighted by atomic mass is 32.2. The van der Waals surface area contributed by atoms with Gasteiger partial charge >= 0.3 is 5.97 Å².